The largest absolute Gasteiger partial charge is 0.399 e. The number of aliphatic imine (C=N–C) groups is 1. The van der Waals surface area contributed by atoms with Crippen molar-refractivity contribution in [1.82, 2.24) is 4.90 Å². The van der Waals surface area contributed by atoms with Gasteiger partial charge in [0.05, 0.1) is 11.2 Å². The van der Waals surface area contributed by atoms with E-state index in [0.29, 0.717) is 0 Å². The highest BCUT2D eigenvalue weighted by Gasteiger charge is 2.35. The van der Waals surface area contributed by atoms with Crippen molar-refractivity contribution in [2.45, 2.75) is 18.4 Å². The minimum atomic E-state index is -0.282. The SMILES string of the molecule is Nc1cccc(N=CCCN2CCC(N)(c3ccc(Cl)cc3)C2)c1. The minimum Gasteiger partial charge on any atom is -0.399 e. The Labute approximate surface area is 148 Å². The fourth-order valence-corrected chi connectivity index (χ4v) is 3.26. The van der Waals surface area contributed by atoms with Gasteiger partial charge in [0, 0.05) is 36.6 Å². The van der Waals surface area contributed by atoms with E-state index in [1.165, 1.54) is 0 Å². The highest BCUT2D eigenvalue weighted by atomic mass is 35.5. The van der Waals surface area contributed by atoms with E-state index < -0.39 is 0 Å². The van der Waals surface area contributed by atoms with Crippen LogP contribution in [0.15, 0.2) is 53.5 Å². The number of anilines is 1. The first-order chi connectivity index (χ1) is 11.5. The molecule has 0 aliphatic carbocycles. The lowest BCUT2D eigenvalue weighted by Crippen LogP contribution is -2.39. The van der Waals surface area contributed by atoms with Crippen molar-refractivity contribution >= 4 is 29.2 Å². The summed E-state index contributed by atoms with van der Waals surface area (Å²) in [5.74, 6) is 0. The molecule has 1 atom stereocenters. The van der Waals surface area contributed by atoms with Crippen molar-refractivity contribution in [3.63, 3.8) is 0 Å². The predicted octanol–water partition coefficient (Wildman–Crippen LogP) is 3.57. The van der Waals surface area contributed by atoms with Crippen LogP contribution in [-0.2, 0) is 5.54 Å². The third-order valence-corrected chi connectivity index (χ3v) is 4.74. The molecule has 0 bridgehead atoms. The molecule has 1 aliphatic rings. The average molecular weight is 343 g/mol. The molecule has 0 radical (unpaired) electrons. The van der Waals surface area contributed by atoms with E-state index in [1.807, 2.05) is 54.7 Å². The van der Waals surface area contributed by atoms with Gasteiger partial charge in [-0.25, -0.2) is 0 Å². The van der Waals surface area contributed by atoms with Crippen LogP contribution in [0, 0.1) is 0 Å². The smallest absolute Gasteiger partial charge is 0.0646 e. The van der Waals surface area contributed by atoms with Gasteiger partial charge in [-0.05, 0) is 48.7 Å². The maximum Gasteiger partial charge on any atom is 0.0646 e. The fraction of sp³-hybridized carbons (Fsp3) is 0.316. The van der Waals surface area contributed by atoms with Crippen LogP contribution in [0.1, 0.15) is 18.4 Å². The van der Waals surface area contributed by atoms with Crippen molar-refractivity contribution in [3.8, 4) is 0 Å². The lowest BCUT2D eigenvalue weighted by Gasteiger charge is -2.25. The topological polar surface area (TPSA) is 67.6 Å². The van der Waals surface area contributed by atoms with Crippen LogP contribution >= 0.6 is 11.6 Å². The van der Waals surface area contributed by atoms with Gasteiger partial charge >= 0.3 is 0 Å². The van der Waals surface area contributed by atoms with E-state index in [0.717, 1.165) is 54.4 Å². The molecule has 2 aromatic carbocycles. The van der Waals surface area contributed by atoms with Crippen LogP contribution < -0.4 is 11.5 Å². The van der Waals surface area contributed by atoms with Crippen molar-refractivity contribution < 1.29 is 0 Å². The zero-order chi connectivity index (χ0) is 17.0. The lowest BCUT2D eigenvalue weighted by atomic mass is 9.90. The quantitative estimate of drug-likeness (QED) is 0.644. The van der Waals surface area contributed by atoms with E-state index >= 15 is 0 Å². The summed E-state index contributed by atoms with van der Waals surface area (Å²) in [5.41, 5.74) is 14.9. The standard InChI is InChI=1S/C19H23ClN4/c20-16-7-5-15(6-8-16)19(22)9-12-24(14-19)11-2-10-23-18-4-1-3-17(21)13-18/h1,3-8,10,13H,2,9,11-12,14,21-22H2. The summed E-state index contributed by atoms with van der Waals surface area (Å²) < 4.78 is 0. The first-order valence-electron chi connectivity index (χ1n) is 8.20. The Morgan fingerprint density at radius 2 is 2.00 bits per heavy atom. The van der Waals surface area contributed by atoms with Crippen LogP contribution in [0.2, 0.25) is 5.02 Å². The molecular weight excluding hydrogens is 320 g/mol. The van der Waals surface area contributed by atoms with E-state index in [4.69, 9.17) is 23.1 Å². The average Bonchev–Trinajstić information content (AvgIpc) is 2.95. The number of likely N-dealkylation sites (tertiary alicyclic amines) is 1. The third kappa shape index (κ3) is 4.15. The zero-order valence-electron chi connectivity index (χ0n) is 13.7. The second-order valence-corrected chi connectivity index (χ2v) is 6.82. The Morgan fingerprint density at radius 1 is 1.21 bits per heavy atom. The fourth-order valence-electron chi connectivity index (χ4n) is 3.14. The Bertz CT molecular complexity index is 714. The van der Waals surface area contributed by atoms with Crippen LogP contribution in [0.25, 0.3) is 0 Å². The van der Waals surface area contributed by atoms with E-state index in [2.05, 4.69) is 9.89 Å². The monoisotopic (exact) mass is 342 g/mol. The lowest BCUT2D eigenvalue weighted by molar-refractivity contribution is 0.321. The molecule has 4 N–H and O–H groups in total. The number of hydrogen-bond donors (Lipinski definition) is 2. The summed E-state index contributed by atoms with van der Waals surface area (Å²) in [4.78, 5) is 6.84. The van der Waals surface area contributed by atoms with Crippen LogP contribution in [0.5, 0.6) is 0 Å². The molecular formula is C19H23ClN4. The van der Waals surface area contributed by atoms with Crippen molar-refractivity contribution in [3.05, 3.63) is 59.1 Å². The molecule has 24 heavy (non-hydrogen) atoms. The van der Waals surface area contributed by atoms with Gasteiger partial charge in [0.2, 0.25) is 0 Å². The summed E-state index contributed by atoms with van der Waals surface area (Å²) in [7, 11) is 0. The molecule has 1 heterocycles. The predicted molar refractivity (Wildman–Crippen MR) is 102 cm³/mol. The molecule has 0 saturated carbocycles. The number of nitrogen functional groups attached to an aromatic ring is 1. The number of rotatable bonds is 5. The van der Waals surface area contributed by atoms with Crippen molar-refractivity contribution in [2.75, 3.05) is 25.4 Å². The van der Waals surface area contributed by atoms with Gasteiger partial charge in [-0.15, -0.1) is 0 Å². The number of nitrogens with two attached hydrogens (primary N) is 2. The van der Waals surface area contributed by atoms with Gasteiger partial charge in [0.1, 0.15) is 0 Å². The first-order valence-corrected chi connectivity index (χ1v) is 8.58. The molecule has 0 amide bonds. The summed E-state index contributed by atoms with van der Waals surface area (Å²) in [6.45, 7) is 2.82. The molecule has 0 spiro atoms. The van der Waals surface area contributed by atoms with Gasteiger partial charge in [0.15, 0.2) is 0 Å². The van der Waals surface area contributed by atoms with Crippen molar-refractivity contribution in [1.29, 1.82) is 0 Å². The molecule has 1 unspecified atom stereocenters. The normalized spacial score (nSPS) is 21.6. The number of hydrogen-bond acceptors (Lipinski definition) is 4. The van der Waals surface area contributed by atoms with Gasteiger partial charge in [0.25, 0.3) is 0 Å². The Kier molecular flexibility index (Phi) is 5.19. The molecule has 1 saturated heterocycles. The zero-order valence-corrected chi connectivity index (χ0v) is 14.4. The molecule has 0 aromatic heterocycles. The Balaban J connectivity index is 1.52. The van der Waals surface area contributed by atoms with E-state index in [9.17, 15) is 0 Å². The van der Waals surface area contributed by atoms with Crippen LogP contribution in [0.3, 0.4) is 0 Å². The molecule has 1 fully saturated rings. The molecule has 5 heteroatoms. The molecule has 4 nitrogen and oxygen atoms in total. The summed E-state index contributed by atoms with van der Waals surface area (Å²) in [6, 6.07) is 15.5. The third-order valence-electron chi connectivity index (χ3n) is 4.48. The molecule has 1 aliphatic heterocycles. The van der Waals surface area contributed by atoms with Gasteiger partial charge in [-0.3, -0.25) is 4.99 Å². The second kappa shape index (κ2) is 7.34. The van der Waals surface area contributed by atoms with Gasteiger partial charge in [-0.1, -0.05) is 29.8 Å². The number of halogens is 1. The molecule has 3 rings (SSSR count). The number of nitrogens with zero attached hydrogens (tertiary/aromatic N) is 2. The minimum absolute atomic E-state index is 0.282. The Hall–Kier alpha value is -1.88. The summed E-state index contributed by atoms with van der Waals surface area (Å²) >= 11 is 5.96. The number of benzene rings is 2. The maximum atomic E-state index is 6.60. The van der Waals surface area contributed by atoms with Gasteiger partial charge in [-0.2, -0.15) is 0 Å². The van der Waals surface area contributed by atoms with Crippen molar-refractivity contribution in [2.24, 2.45) is 10.7 Å². The highest BCUT2D eigenvalue weighted by molar-refractivity contribution is 6.30. The highest BCUT2D eigenvalue weighted by Crippen LogP contribution is 2.30. The molecule has 2 aromatic rings. The maximum absolute atomic E-state index is 6.60. The molecule has 126 valence electrons. The van der Waals surface area contributed by atoms with E-state index in [1.54, 1.807) is 0 Å². The van der Waals surface area contributed by atoms with Crippen LogP contribution in [0.4, 0.5) is 11.4 Å². The van der Waals surface area contributed by atoms with E-state index in [-0.39, 0.29) is 5.54 Å². The first kappa shape index (κ1) is 17.0. The summed E-state index contributed by atoms with van der Waals surface area (Å²) in [6.07, 6.45) is 3.81. The second-order valence-electron chi connectivity index (χ2n) is 6.38. The summed E-state index contributed by atoms with van der Waals surface area (Å²) in [5, 5.41) is 0.745. The van der Waals surface area contributed by atoms with Gasteiger partial charge < -0.3 is 16.4 Å². The van der Waals surface area contributed by atoms with Crippen LogP contribution in [-0.4, -0.2) is 30.7 Å². The Morgan fingerprint density at radius 3 is 2.75 bits per heavy atom.